The zero-order chi connectivity index (χ0) is 14.8. The normalized spacial score (nSPS) is 10.5. The van der Waals surface area contributed by atoms with Crippen LogP contribution in [-0.2, 0) is 0 Å². The second kappa shape index (κ2) is 5.46. The molecule has 0 spiro atoms. The Balaban J connectivity index is 1.96. The van der Waals surface area contributed by atoms with Gasteiger partial charge in [-0.05, 0) is 59.3 Å². The largest absolute Gasteiger partial charge is 0.508 e. The van der Waals surface area contributed by atoms with E-state index in [9.17, 15) is 9.90 Å². The summed E-state index contributed by atoms with van der Waals surface area (Å²) in [6.07, 6.45) is 0. The van der Waals surface area contributed by atoms with Gasteiger partial charge in [-0.1, -0.05) is 23.7 Å². The molecule has 0 aliphatic heterocycles. The van der Waals surface area contributed by atoms with Gasteiger partial charge in [-0.3, -0.25) is 4.79 Å². The van der Waals surface area contributed by atoms with Crippen LogP contribution in [0.3, 0.4) is 0 Å². The number of phenolic OH excluding ortho intramolecular Hbond substituents is 1. The van der Waals surface area contributed by atoms with Crippen LogP contribution in [0.4, 0.5) is 5.69 Å². The SMILES string of the molecule is O=C(Nc1ccc(Cl)cc1)c1cccc2cc(O)ccc12. The van der Waals surface area contributed by atoms with Crippen LogP contribution in [0.1, 0.15) is 10.4 Å². The van der Waals surface area contributed by atoms with E-state index in [0.29, 0.717) is 16.3 Å². The maximum Gasteiger partial charge on any atom is 0.256 e. The molecular formula is C17H12ClNO2. The molecule has 3 aromatic rings. The van der Waals surface area contributed by atoms with Gasteiger partial charge in [0, 0.05) is 16.3 Å². The number of fused-ring (bicyclic) bond motifs is 1. The van der Waals surface area contributed by atoms with Crippen molar-refractivity contribution in [3.05, 3.63) is 71.2 Å². The molecule has 2 N–H and O–H groups in total. The molecule has 1 amide bonds. The van der Waals surface area contributed by atoms with Gasteiger partial charge in [0.15, 0.2) is 0 Å². The van der Waals surface area contributed by atoms with Gasteiger partial charge in [0.05, 0.1) is 0 Å². The summed E-state index contributed by atoms with van der Waals surface area (Å²) in [5.41, 5.74) is 1.24. The average molecular weight is 298 g/mol. The lowest BCUT2D eigenvalue weighted by Gasteiger charge is -2.08. The summed E-state index contributed by atoms with van der Waals surface area (Å²) in [5.74, 6) is -0.0219. The number of aromatic hydroxyl groups is 1. The number of hydrogen-bond acceptors (Lipinski definition) is 2. The van der Waals surface area contributed by atoms with Crippen LogP contribution in [0.25, 0.3) is 10.8 Å². The average Bonchev–Trinajstić information content (AvgIpc) is 2.48. The zero-order valence-electron chi connectivity index (χ0n) is 11.0. The Morgan fingerprint density at radius 1 is 1.00 bits per heavy atom. The molecule has 4 heteroatoms. The molecule has 3 rings (SSSR count). The summed E-state index contributed by atoms with van der Waals surface area (Å²) in [7, 11) is 0. The summed E-state index contributed by atoms with van der Waals surface area (Å²) < 4.78 is 0. The summed E-state index contributed by atoms with van der Waals surface area (Å²) in [5, 5.41) is 14.6. The van der Waals surface area contributed by atoms with Crippen molar-refractivity contribution in [3.63, 3.8) is 0 Å². The van der Waals surface area contributed by atoms with E-state index in [1.54, 1.807) is 54.6 Å². The van der Waals surface area contributed by atoms with Crippen LogP contribution in [0.2, 0.25) is 5.02 Å². The first-order valence-corrected chi connectivity index (χ1v) is 6.80. The predicted molar refractivity (Wildman–Crippen MR) is 85.0 cm³/mol. The number of carbonyl (C=O) groups excluding carboxylic acids is 1. The van der Waals surface area contributed by atoms with Gasteiger partial charge in [-0.25, -0.2) is 0 Å². The first kappa shape index (κ1) is 13.5. The van der Waals surface area contributed by atoms with Crippen molar-refractivity contribution in [2.45, 2.75) is 0 Å². The van der Waals surface area contributed by atoms with Crippen molar-refractivity contribution in [2.24, 2.45) is 0 Å². The number of carbonyl (C=O) groups is 1. The number of nitrogens with one attached hydrogen (secondary N) is 1. The minimum atomic E-state index is -0.200. The molecule has 3 nitrogen and oxygen atoms in total. The van der Waals surface area contributed by atoms with Crippen molar-refractivity contribution in [2.75, 3.05) is 5.32 Å². The van der Waals surface area contributed by atoms with Crippen molar-refractivity contribution in [3.8, 4) is 5.75 Å². The number of hydrogen-bond donors (Lipinski definition) is 2. The van der Waals surface area contributed by atoms with E-state index in [1.165, 1.54) is 0 Å². The Kier molecular flexibility index (Phi) is 3.50. The molecule has 0 aromatic heterocycles. The minimum absolute atomic E-state index is 0.178. The zero-order valence-corrected chi connectivity index (χ0v) is 11.8. The molecular weight excluding hydrogens is 286 g/mol. The van der Waals surface area contributed by atoms with Crippen molar-refractivity contribution in [1.29, 1.82) is 0 Å². The van der Waals surface area contributed by atoms with Crippen molar-refractivity contribution >= 4 is 34.0 Å². The van der Waals surface area contributed by atoms with Gasteiger partial charge in [0.1, 0.15) is 5.75 Å². The Morgan fingerprint density at radius 2 is 1.76 bits per heavy atom. The highest BCUT2D eigenvalue weighted by atomic mass is 35.5. The second-order valence-corrected chi connectivity index (χ2v) is 5.11. The Bertz CT molecular complexity index is 813. The van der Waals surface area contributed by atoms with E-state index >= 15 is 0 Å². The molecule has 0 unspecified atom stereocenters. The molecule has 0 radical (unpaired) electrons. The Labute approximate surface area is 126 Å². The Hall–Kier alpha value is -2.52. The topological polar surface area (TPSA) is 49.3 Å². The molecule has 0 atom stereocenters. The van der Waals surface area contributed by atoms with E-state index in [2.05, 4.69) is 5.32 Å². The fraction of sp³-hybridized carbons (Fsp3) is 0. The Morgan fingerprint density at radius 3 is 2.52 bits per heavy atom. The van der Waals surface area contributed by atoms with Crippen LogP contribution < -0.4 is 5.32 Å². The molecule has 3 aromatic carbocycles. The number of amides is 1. The molecule has 0 aliphatic rings. The molecule has 0 bridgehead atoms. The summed E-state index contributed by atoms with van der Waals surface area (Å²) in [6.45, 7) is 0. The first-order valence-electron chi connectivity index (χ1n) is 6.42. The van der Waals surface area contributed by atoms with Gasteiger partial charge < -0.3 is 10.4 Å². The maximum absolute atomic E-state index is 12.4. The predicted octanol–water partition coefficient (Wildman–Crippen LogP) is 4.45. The second-order valence-electron chi connectivity index (χ2n) is 4.67. The number of rotatable bonds is 2. The first-order chi connectivity index (χ1) is 10.1. The number of benzene rings is 3. The van der Waals surface area contributed by atoms with Crippen molar-refractivity contribution in [1.82, 2.24) is 0 Å². The minimum Gasteiger partial charge on any atom is -0.508 e. The van der Waals surface area contributed by atoms with Gasteiger partial charge in [-0.15, -0.1) is 0 Å². The van der Waals surface area contributed by atoms with Gasteiger partial charge in [-0.2, -0.15) is 0 Å². The van der Waals surface area contributed by atoms with E-state index in [0.717, 1.165) is 10.8 Å². The van der Waals surface area contributed by atoms with Gasteiger partial charge in [0.2, 0.25) is 0 Å². The van der Waals surface area contributed by atoms with Gasteiger partial charge >= 0.3 is 0 Å². The maximum atomic E-state index is 12.4. The molecule has 0 saturated heterocycles. The molecule has 0 fully saturated rings. The van der Waals surface area contributed by atoms with Crippen LogP contribution in [-0.4, -0.2) is 11.0 Å². The van der Waals surface area contributed by atoms with Crippen molar-refractivity contribution < 1.29 is 9.90 Å². The van der Waals surface area contributed by atoms with Crippen LogP contribution in [0.15, 0.2) is 60.7 Å². The lowest BCUT2D eigenvalue weighted by molar-refractivity contribution is 0.102. The monoisotopic (exact) mass is 297 g/mol. The van der Waals surface area contributed by atoms with Crippen LogP contribution in [0.5, 0.6) is 5.75 Å². The fourth-order valence-corrected chi connectivity index (χ4v) is 2.33. The smallest absolute Gasteiger partial charge is 0.256 e. The van der Waals surface area contributed by atoms with Gasteiger partial charge in [0.25, 0.3) is 5.91 Å². The quantitative estimate of drug-likeness (QED) is 0.734. The fourth-order valence-electron chi connectivity index (χ4n) is 2.20. The third-order valence-electron chi connectivity index (χ3n) is 3.21. The van der Waals surface area contributed by atoms with Crippen LogP contribution in [0, 0.1) is 0 Å². The molecule has 0 heterocycles. The molecule has 0 aliphatic carbocycles. The summed E-state index contributed by atoms with van der Waals surface area (Å²) in [4.78, 5) is 12.4. The lowest BCUT2D eigenvalue weighted by atomic mass is 10.0. The van der Waals surface area contributed by atoms with E-state index in [4.69, 9.17) is 11.6 Å². The lowest BCUT2D eigenvalue weighted by Crippen LogP contribution is -2.12. The third-order valence-corrected chi connectivity index (χ3v) is 3.46. The number of phenols is 1. The summed E-state index contributed by atoms with van der Waals surface area (Å²) >= 11 is 5.82. The highest BCUT2D eigenvalue weighted by Gasteiger charge is 2.10. The standard InChI is InChI=1S/C17H12ClNO2/c18-12-4-6-13(7-5-12)19-17(21)16-3-1-2-11-10-14(20)8-9-15(11)16/h1-10,20H,(H,19,21). The molecule has 0 saturated carbocycles. The van der Waals surface area contributed by atoms with E-state index in [-0.39, 0.29) is 11.7 Å². The molecule has 21 heavy (non-hydrogen) atoms. The number of anilines is 1. The molecule has 104 valence electrons. The summed E-state index contributed by atoms with van der Waals surface area (Å²) in [6, 6.07) is 17.3. The van der Waals surface area contributed by atoms with E-state index in [1.807, 2.05) is 6.07 Å². The number of halogens is 1. The highest BCUT2D eigenvalue weighted by Crippen LogP contribution is 2.24. The van der Waals surface area contributed by atoms with E-state index < -0.39 is 0 Å². The highest BCUT2D eigenvalue weighted by molar-refractivity contribution is 6.30. The van der Waals surface area contributed by atoms with Crippen LogP contribution >= 0.6 is 11.6 Å². The third kappa shape index (κ3) is 2.83.